The van der Waals surface area contributed by atoms with Gasteiger partial charge in [-0.05, 0) is 24.5 Å². The Bertz CT molecular complexity index is 403. The fraction of sp³-hybridized carbons (Fsp3) is 0.643. The number of hydrogen-bond donors (Lipinski definition) is 2. The Morgan fingerprint density at radius 3 is 2.79 bits per heavy atom. The highest BCUT2D eigenvalue weighted by Gasteiger charge is 2.16. The van der Waals surface area contributed by atoms with Gasteiger partial charge in [0.1, 0.15) is 0 Å². The summed E-state index contributed by atoms with van der Waals surface area (Å²) in [6, 6.07) is 1.62. The summed E-state index contributed by atoms with van der Waals surface area (Å²) in [5.74, 6) is -0.127. The molecule has 1 aromatic rings. The van der Waals surface area contributed by atoms with Gasteiger partial charge in [0.25, 0.3) is 5.91 Å². The summed E-state index contributed by atoms with van der Waals surface area (Å²) in [5.41, 5.74) is 1.25. The van der Waals surface area contributed by atoms with Gasteiger partial charge in [0.15, 0.2) is 0 Å². The van der Waals surface area contributed by atoms with Crippen LogP contribution >= 0.6 is 11.3 Å². The minimum Gasteiger partial charge on any atom is -0.394 e. The van der Waals surface area contributed by atoms with Crippen LogP contribution in [0.5, 0.6) is 0 Å². The van der Waals surface area contributed by atoms with E-state index >= 15 is 0 Å². The van der Waals surface area contributed by atoms with E-state index < -0.39 is 0 Å². The van der Waals surface area contributed by atoms with Crippen molar-refractivity contribution in [1.29, 1.82) is 0 Å². The van der Waals surface area contributed by atoms with Gasteiger partial charge < -0.3 is 15.2 Å². The van der Waals surface area contributed by atoms with Crippen molar-refractivity contribution < 1.29 is 14.6 Å². The maximum atomic E-state index is 12.1. The van der Waals surface area contributed by atoms with Gasteiger partial charge in [-0.3, -0.25) is 4.79 Å². The van der Waals surface area contributed by atoms with Crippen LogP contribution in [-0.2, 0) is 17.6 Å². The normalized spacial score (nSPS) is 12.4. The smallest absolute Gasteiger partial charge is 0.261 e. The number of nitrogens with one attached hydrogen (secondary N) is 1. The van der Waals surface area contributed by atoms with E-state index in [2.05, 4.69) is 19.2 Å². The molecule has 0 aliphatic heterocycles. The third-order valence-electron chi connectivity index (χ3n) is 2.90. The number of thiophene rings is 1. The zero-order chi connectivity index (χ0) is 14.3. The van der Waals surface area contributed by atoms with Crippen molar-refractivity contribution in [2.75, 3.05) is 20.3 Å². The number of carbonyl (C=O) groups is 1. The van der Waals surface area contributed by atoms with Gasteiger partial charge in [-0.15, -0.1) is 11.3 Å². The molecular formula is C14H23NO3S. The number of aliphatic hydroxyl groups excluding tert-OH is 1. The molecule has 1 atom stereocenters. The Labute approximate surface area is 118 Å². The summed E-state index contributed by atoms with van der Waals surface area (Å²) in [4.78, 5) is 14.1. The van der Waals surface area contributed by atoms with Gasteiger partial charge in [-0.1, -0.05) is 20.3 Å². The lowest BCUT2D eigenvalue weighted by molar-refractivity contribution is 0.0843. The number of carbonyl (C=O) groups excluding carboxylic acids is 1. The number of methoxy groups -OCH3 is 1. The van der Waals surface area contributed by atoms with Crippen LogP contribution in [0.1, 0.15) is 40.4 Å². The zero-order valence-corrected chi connectivity index (χ0v) is 12.7. The van der Waals surface area contributed by atoms with E-state index in [-0.39, 0.29) is 18.6 Å². The molecule has 19 heavy (non-hydrogen) atoms. The number of ether oxygens (including phenoxy) is 1. The Kier molecular flexibility index (Phi) is 7.05. The largest absolute Gasteiger partial charge is 0.394 e. The molecule has 4 nitrogen and oxygen atoms in total. The van der Waals surface area contributed by atoms with E-state index in [9.17, 15) is 4.79 Å². The van der Waals surface area contributed by atoms with Crippen molar-refractivity contribution in [3.63, 3.8) is 0 Å². The molecule has 0 aliphatic carbocycles. The number of amides is 1. The first-order valence-electron chi connectivity index (χ1n) is 6.68. The maximum Gasteiger partial charge on any atom is 0.261 e. The van der Waals surface area contributed by atoms with Crippen LogP contribution in [0.3, 0.4) is 0 Å². The van der Waals surface area contributed by atoms with Crippen molar-refractivity contribution in [2.45, 2.75) is 39.2 Å². The number of aryl methyl sites for hydroxylation is 2. The summed E-state index contributed by atoms with van der Waals surface area (Å²) in [5, 5.41) is 11.9. The fourth-order valence-electron chi connectivity index (χ4n) is 1.91. The van der Waals surface area contributed by atoms with Gasteiger partial charge in [-0.25, -0.2) is 0 Å². The third-order valence-corrected chi connectivity index (χ3v) is 4.14. The average Bonchev–Trinajstić information content (AvgIpc) is 2.81. The quantitative estimate of drug-likeness (QED) is 0.768. The van der Waals surface area contributed by atoms with E-state index in [1.807, 2.05) is 6.07 Å². The summed E-state index contributed by atoms with van der Waals surface area (Å²) >= 11 is 1.55. The summed E-state index contributed by atoms with van der Waals surface area (Å²) in [6.45, 7) is 4.44. The van der Waals surface area contributed by atoms with E-state index in [1.165, 1.54) is 10.4 Å². The van der Waals surface area contributed by atoms with Crippen molar-refractivity contribution in [3.8, 4) is 0 Å². The van der Waals surface area contributed by atoms with Crippen LogP contribution < -0.4 is 5.32 Å². The summed E-state index contributed by atoms with van der Waals surface area (Å²) in [7, 11) is 1.55. The minimum atomic E-state index is -0.348. The molecule has 1 aromatic heterocycles. The number of aliphatic hydroxyl groups is 1. The summed E-state index contributed by atoms with van der Waals surface area (Å²) < 4.78 is 4.95. The molecule has 0 radical (unpaired) electrons. The monoisotopic (exact) mass is 285 g/mol. The van der Waals surface area contributed by atoms with Crippen LogP contribution in [-0.4, -0.2) is 37.4 Å². The first kappa shape index (κ1) is 16.1. The zero-order valence-electron chi connectivity index (χ0n) is 11.9. The molecule has 1 amide bonds. The van der Waals surface area contributed by atoms with Crippen molar-refractivity contribution in [3.05, 3.63) is 21.4 Å². The van der Waals surface area contributed by atoms with Crippen LogP contribution in [0.2, 0.25) is 0 Å². The highest BCUT2D eigenvalue weighted by atomic mass is 32.1. The van der Waals surface area contributed by atoms with Crippen molar-refractivity contribution >= 4 is 17.2 Å². The Morgan fingerprint density at radius 1 is 1.53 bits per heavy atom. The Balaban J connectivity index is 2.76. The van der Waals surface area contributed by atoms with Crippen LogP contribution in [0.25, 0.3) is 0 Å². The van der Waals surface area contributed by atoms with E-state index in [0.29, 0.717) is 6.61 Å². The van der Waals surface area contributed by atoms with Crippen LogP contribution in [0, 0.1) is 0 Å². The molecule has 1 rings (SSSR count). The van der Waals surface area contributed by atoms with Gasteiger partial charge in [-0.2, -0.15) is 0 Å². The second kappa shape index (κ2) is 8.30. The third kappa shape index (κ3) is 4.60. The van der Waals surface area contributed by atoms with Crippen LogP contribution in [0.4, 0.5) is 0 Å². The topological polar surface area (TPSA) is 58.6 Å². The van der Waals surface area contributed by atoms with Crippen molar-refractivity contribution in [1.82, 2.24) is 5.32 Å². The molecule has 0 bridgehead atoms. The first-order valence-corrected chi connectivity index (χ1v) is 7.50. The molecule has 0 saturated heterocycles. The molecule has 0 fully saturated rings. The molecule has 0 spiro atoms. The maximum absolute atomic E-state index is 12.1. The standard InChI is InChI=1S/C14H23NO3S/c1-4-6-12-10(5-2)7-13(19-12)14(17)15-11(8-16)9-18-3/h7,11,16H,4-6,8-9H2,1-3H3,(H,15,17). The molecule has 108 valence electrons. The lowest BCUT2D eigenvalue weighted by atomic mass is 10.1. The van der Waals surface area contributed by atoms with E-state index in [4.69, 9.17) is 9.84 Å². The van der Waals surface area contributed by atoms with Gasteiger partial charge in [0, 0.05) is 12.0 Å². The number of rotatable bonds is 8. The van der Waals surface area contributed by atoms with Crippen molar-refractivity contribution in [2.24, 2.45) is 0 Å². The van der Waals surface area contributed by atoms with Gasteiger partial charge >= 0.3 is 0 Å². The lowest BCUT2D eigenvalue weighted by Crippen LogP contribution is -2.40. The first-order chi connectivity index (χ1) is 9.15. The second-order valence-electron chi connectivity index (χ2n) is 4.47. The Morgan fingerprint density at radius 2 is 2.26 bits per heavy atom. The average molecular weight is 285 g/mol. The molecular weight excluding hydrogens is 262 g/mol. The molecule has 1 heterocycles. The lowest BCUT2D eigenvalue weighted by Gasteiger charge is -2.14. The minimum absolute atomic E-state index is 0.118. The molecule has 0 saturated carbocycles. The molecule has 0 aliphatic rings. The molecule has 0 aromatic carbocycles. The predicted molar refractivity (Wildman–Crippen MR) is 77.9 cm³/mol. The molecule has 5 heteroatoms. The molecule has 1 unspecified atom stereocenters. The molecule has 2 N–H and O–H groups in total. The predicted octanol–water partition coefficient (Wildman–Crippen LogP) is 2.00. The summed E-state index contributed by atoms with van der Waals surface area (Å²) in [6.07, 6.45) is 3.04. The van der Waals surface area contributed by atoms with E-state index in [0.717, 1.165) is 24.1 Å². The number of hydrogen-bond acceptors (Lipinski definition) is 4. The van der Waals surface area contributed by atoms with Crippen LogP contribution in [0.15, 0.2) is 6.07 Å². The second-order valence-corrected chi connectivity index (χ2v) is 5.61. The van der Waals surface area contributed by atoms with E-state index in [1.54, 1.807) is 18.4 Å². The highest BCUT2D eigenvalue weighted by molar-refractivity contribution is 7.14. The van der Waals surface area contributed by atoms with Gasteiger partial charge in [0.05, 0.1) is 24.1 Å². The highest BCUT2D eigenvalue weighted by Crippen LogP contribution is 2.24. The SMILES string of the molecule is CCCc1sc(C(=O)NC(CO)COC)cc1CC. The Hall–Kier alpha value is -0.910. The van der Waals surface area contributed by atoms with Gasteiger partial charge in [0.2, 0.25) is 0 Å². The fourth-order valence-corrected chi connectivity index (χ4v) is 3.17.